The molecular weight excluding hydrogens is 288 g/mol. The van der Waals surface area contributed by atoms with Gasteiger partial charge in [-0.2, -0.15) is 0 Å². The molecule has 1 aromatic heterocycles. The fraction of sp³-hybridized carbons (Fsp3) is 0.167. The zero-order chi connectivity index (χ0) is 13.9. The van der Waals surface area contributed by atoms with Crippen LogP contribution in [-0.4, -0.2) is 18.5 Å². The Labute approximate surface area is 116 Å². The van der Waals surface area contributed by atoms with Gasteiger partial charge >= 0.3 is 0 Å². The van der Waals surface area contributed by atoms with Crippen molar-refractivity contribution in [3.63, 3.8) is 0 Å². The number of hydrogen-bond acceptors (Lipinski definition) is 3. The van der Waals surface area contributed by atoms with E-state index in [1.807, 2.05) is 0 Å². The molecule has 0 amide bonds. The number of nitrogens with one attached hydrogen (secondary N) is 2. The highest BCUT2D eigenvalue weighted by atomic mass is 35.5. The molecular formula is C12H13ClN2O3S. The van der Waals surface area contributed by atoms with Crippen LogP contribution in [0.25, 0.3) is 0 Å². The van der Waals surface area contributed by atoms with E-state index in [1.165, 1.54) is 12.3 Å². The smallest absolute Gasteiger partial charge is 0.242 e. The Hall–Kier alpha value is -1.34. The predicted octanol–water partition coefficient (Wildman–Crippen LogP) is 1.64. The van der Waals surface area contributed by atoms with Gasteiger partial charge in [0.1, 0.15) is 0 Å². The average Bonchev–Trinajstić information content (AvgIpc) is 2.88. The van der Waals surface area contributed by atoms with Crippen molar-refractivity contribution >= 4 is 21.6 Å². The lowest BCUT2D eigenvalue weighted by atomic mass is 10.2. The average molecular weight is 301 g/mol. The number of rotatable bonds is 5. The van der Waals surface area contributed by atoms with Crippen LogP contribution in [0, 0.1) is 0 Å². The molecule has 5 nitrogen and oxygen atoms in total. The molecule has 0 radical (unpaired) electrons. The second kappa shape index (κ2) is 5.75. The Bertz CT molecular complexity index is 650. The summed E-state index contributed by atoms with van der Waals surface area (Å²) in [5.41, 5.74) is 1.26. The zero-order valence-electron chi connectivity index (χ0n) is 9.93. The minimum absolute atomic E-state index is 0.102. The Morgan fingerprint density at radius 1 is 1.26 bits per heavy atom. The van der Waals surface area contributed by atoms with Crippen LogP contribution in [0.3, 0.4) is 0 Å². The second-order valence-corrected chi connectivity index (χ2v) is 6.17. The minimum Gasteiger partial charge on any atom is -0.390 e. The fourth-order valence-corrected chi connectivity index (χ4v) is 2.69. The molecule has 0 saturated carbocycles. The van der Waals surface area contributed by atoms with E-state index in [1.54, 1.807) is 24.3 Å². The van der Waals surface area contributed by atoms with E-state index in [-0.39, 0.29) is 18.0 Å². The van der Waals surface area contributed by atoms with E-state index >= 15 is 0 Å². The summed E-state index contributed by atoms with van der Waals surface area (Å²) in [7, 11) is -3.58. The van der Waals surface area contributed by atoms with Crippen LogP contribution >= 0.6 is 11.6 Å². The fourth-order valence-electron chi connectivity index (χ4n) is 1.53. The van der Waals surface area contributed by atoms with Gasteiger partial charge in [0.25, 0.3) is 0 Å². The number of H-pyrrole nitrogens is 1. The summed E-state index contributed by atoms with van der Waals surface area (Å²) in [5, 5.41) is 9.49. The molecule has 0 aliphatic carbocycles. The van der Waals surface area contributed by atoms with Crippen molar-refractivity contribution in [2.75, 3.05) is 0 Å². The van der Waals surface area contributed by atoms with Crippen molar-refractivity contribution in [1.82, 2.24) is 9.71 Å². The third kappa shape index (κ3) is 3.57. The standard InChI is InChI=1S/C12H13ClN2O3S/c13-10-3-1-9(2-4-10)6-15-19(17,18)12-5-11(8-16)14-7-12/h1-5,7,14-16H,6,8H2. The number of aliphatic hydroxyl groups excluding tert-OH is 1. The molecule has 0 fully saturated rings. The van der Waals surface area contributed by atoms with Crippen molar-refractivity contribution in [2.45, 2.75) is 18.0 Å². The molecule has 2 rings (SSSR count). The van der Waals surface area contributed by atoms with E-state index in [0.717, 1.165) is 5.56 Å². The highest BCUT2D eigenvalue weighted by Gasteiger charge is 2.15. The zero-order valence-corrected chi connectivity index (χ0v) is 11.5. The van der Waals surface area contributed by atoms with Crippen LogP contribution in [-0.2, 0) is 23.2 Å². The first-order chi connectivity index (χ1) is 9.01. The number of benzene rings is 1. The van der Waals surface area contributed by atoms with Gasteiger partial charge in [0.15, 0.2) is 0 Å². The number of hydrogen-bond donors (Lipinski definition) is 3. The molecule has 0 unspecified atom stereocenters. The summed E-state index contributed by atoms with van der Waals surface area (Å²) in [6.07, 6.45) is 1.34. The summed E-state index contributed by atoms with van der Waals surface area (Å²) in [6, 6.07) is 8.29. The SMILES string of the molecule is O=S(=O)(NCc1ccc(Cl)cc1)c1c[nH]c(CO)c1. The molecule has 0 aliphatic rings. The monoisotopic (exact) mass is 300 g/mol. The molecule has 0 saturated heterocycles. The summed E-state index contributed by atoms with van der Waals surface area (Å²) in [6.45, 7) is -0.0498. The first kappa shape index (κ1) is 14.1. The van der Waals surface area contributed by atoms with E-state index in [2.05, 4.69) is 9.71 Å². The number of sulfonamides is 1. The Morgan fingerprint density at radius 3 is 2.53 bits per heavy atom. The van der Waals surface area contributed by atoms with Gasteiger partial charge in [0, 0.05) is 23.5 Å². The van der Waals surface area contributed by atoms with E-state index in [4.69, 9.17) is 16.7 Å². The lowest BCUT2D eigenvalue weighted by Crippen LogP contribution is -2.22. The summed E-state index contributed by atoms with van der Waals surface area (Å²) in [4.78, 5) is 2.78. The van der Waals surface area contributed by atoms with Crippen LogP contribution in [0.15, 0.2) is 41.4 Å². The van der Waals surface area contributed by atoms with E-state index in [0.29, 0.717) is 10.7 Å². The van der Waals surface area contributed by atoms with Gasteiger partial charge < -0.3 is 10.1 Å². The molecule has 19 heavy (non-hydrogen) atoms. The number of aromatic nitrogens is 1. The molecule has 2 aromatic rings. The summed E-state index contributed by atoms with van der Waals surface area (Å²) >= 11 is 5.75. The van der Waals surface area contributed by atoms with Crippen molar-refractivity contribution in [1.29, 1.82) is 0 Å². The summed E-state index contributed by atoms with van der Waals surface area (Å²) in [5.74, 6) is 0. The lowest BCUT2D eigenvalue weighted by molar-refractivity contribution is 0.277. The molecule has 1 heterocycles. The predicted molar refractivity (Wildman–Crippen MR) is 72.2 cm³/mol. The lowest BCUT2D eigenvalue weighted by Gasteiger charge is -2.05. The van der Waals surface area contributed by atoms with Crippen molar-refractivity contribution in [3.05, 3.63) is 52.8 Å². The van der Waals surface area contributed by atoms with E-state index < -0.39 is 10.0 Å². The largest absolute Gasteiger partial charge is 0.390 e. The van der Waals surface area contributed by atoms with Crippen LogP contribution in [0.5, 0.6) is 0 Å². The number of aromatic amines is 1. The van der Waals surface area contributed by atoms with Crippen molar-refractivity contribution < 1.29 is 13.5 Å². The Morgan fingerprint density at radius 2 is 1.95 bits per heavy atom. The molecule has 0 spiro atoms. The van der Waals surface area contributed by atoms with Crippen LogP contribution < -0.4 is 4.72 Å². The third-order valence-electron chi connectivity index (χ3n) is 2.58. The second-order valence-electron chi connectivity index (χ2n) is 3.97. The first-order valence-electron chi connectivity index (χ1n) is 5.53. The van der Waals surface area contributed by atoms with Gasteiger partial charge in [-0.1, -0.05) is 23.7 Å². The molecule has 0 bridgehead atoms. The topological polar surface area (TPSA) is 82.2 Å². The van der Waals surface area contributed by atoms with Crippen molar-refractivity contribution in [3.8, 4) is 0 Å². The first-order valence-corrected chi connectivity index (χ1v) is 7.39. The molecule has 1 aromatic carbocycles. The quantitative estimate of drug-likeness (QED) is 0.785. The number of halogens is 1. The van der Waals surface area contributed by atoms with Gasteiger partial charge in [0.2, 0.25) is 10.0 Å². The molecule has 0 atom stereocenters. The van der Waals surface area contributed by atoms with Crippen LogP contribution in [0.1, 0.15) is 11.3 Å². The molecule has 3 N–H and O–H groups in total. The molecule has 102 valence electrons. The maximum absolute atomic E-state index is 12.0. The number of aliphatic hydroxyl groups is 1. The van der Waals surface area contributed by atoms with Gasteiger partial charge in [-0.15, -0.1) is 0 Å². The third-order valence-corrected chi connectivity index (χ3v) is 4.21. The Kier molecular flexibility index (Phi) is 4.26. The highest BCUT2D eigenvalue weighted by molar-refractivity contribution is 7.89. The summed E-state index contributed by atoms with van der Waals surface area (Å²) < 4.78 is 26.4. The van der Waals surface area contributed by atoms with Gasteiger partial charge in [-0.25, -0.2) is 13.1 Å². The van der Waals surface area contributed by atoms with Gasteiger partial charge in [0.05, 0.1) is 11.5 Å². The van der Waals surface area contributed by atoms with E-state index in [9.17, 15) is 8.42 Å². The molecule has 0 aliphatic heterocycles. The molecule has 7 heteroatoms. The maximum atomic E-state index is 12.0. The van der Waals surface area contributed by atoms with Crippen LogP contribution in [0.4, 0.5) is 0 Å². The van der Waals surface area contributed by atoms with Gasteiger partial charge in [-0.05, 0) is 23.8 Å². The Balaban J connectivity index is 2.07. The minimum atomic E-state index is -3.58. The van der Waals surface area contributed by atoms with Crippen LogP contribution in [0.2, 0.25) is 5.02 Å². The highest BCUT2D eigenvalue weighted by Crippen LogP contribution is 2.13. The normalized spacial score (nSPS) is 11.7. The van der Waals surface area contributed by atoms with Gasteiger partial charge in [-0.3, -0.25) is 0 Å². The maximum Gasteiger partial charge on any atom is 0.242 e. The van der Waals surface area contributed by atoms with Crippen molar-refractivity contribution in [2.24, 2.45) is 0 Å².